The van der Waals surface area contributed by atoms with Crippen LogP contribution in [-0.4, -0.2) is 147 Å². The molecule has 0 aliphatic rings. The molecule has 2 aromatic carbocycles. The van der Waals surface area contributed by atoms with Gasteiger partial charge >= 0.3 is 0 Å². The van der Waals surface area contributed by atoms with E-state index in [0.717, 1.165) is 16.5 Å². The molecule has 11 amide bonds. The average Bonchev–Trinajstić information content (AvgIpc) is 4.36. The normalized spacial score (nSPS) is 14.6. The van der Waals surface area contributed by atoms with Crippen LogP contribution < -0.4 is 65.1 Å². The first-order valence-corrected chi connectivity index (χ1v) is 28.1. The summed E-state index contributed by atoms with van der Waals surface area (Å²) in [5.74, 6) is -9.41. The smallest absolute Gasteiger partial charge is 0.244 e. The van der Waals surface area contributed by atoms with E-state index in [1.165, 1.54) is 19.4 Å². The molecule has 4 rings (SSSR count). The van der Waals surface area contributed by atoms with E-state index in [-0.39, 0.29) is 62.5 Å². The Hall–Kier alpha value is -8.33. The second kappa shape index (κ2) is 32.9. The predicted molar refractivity (Wildman–Crippen MR) is 312 cm³/mol. The molecular formula is C56H81N15O11S. The molecule has 27 heteroatoms. The van der Waals surface area contributed by atoms with Crippen molar-refractivity contribution in [3.8, 4) is 0 Å². The number of nitrogens with zero attached hydrogens (tertiary/aromatic N) is 1. The van der Waals surface area contributed by atoms with E-state index in [9.17, 15) is 52.7 Å². The number of imidazole rings is 1. The maximum Gasteiger partial charge on any atom is 0.244 e. The third-order valence-electron chi connectivity index (χ3n) is 13.3. The monoisotopic (exact) mass is 1170 g/mol. The average molecular weight is 1170 g/mol. The largest absolute Gasteiger partial charge is 0.370 e. The molecule has 9 atom stereocenters. The number of aromatic amines is 2. The van der Waals surface area contributed by atoms with Crippen LogP contribution in [0.25, 0.3) is 10.9 Å². The number of H-pyrrole nitrogens is 2. The lowest BCUT2D eigenvalue weighted by atomic mass is 10.00. The van der Waals surface area contributed by atoms with Gasteiger partial charge in [-0.25, -0.2) is 4.98 Å². The molecular weight excluding hydrogens is 1090 g/mol. The van der Waals surface area contributed by atoms with Crippen LogP contribution in [0, 0.1) is 17.8 Å². The van der Waals surface area contributed by atoms with Crippen molar-refractivity contribution < 1.29 is 52.7 Å². The Morgan fingerprint density at radius 3 is 1.73 bits per heavy atom. The van der Waals surface area contributed by atoms with Gasteiger partial charge in [0.25, 0.3) is 0 Å². The molecule has 452 valence electrons. The van der Waals surface area contributed by atoms with E-state index in [1.807, 2.05) is 52.0 Å². The summed E-state index contributed by atoms with van der Waals surface area (Å²) in [5.41, 5.74) is 19.7. The first kappa shape index (κ1) is 67.2. The van der Waals surface area contributed by atoms with Gasteiger partial charge in [-0.05, 0) is 67.6 Å². The zero-order valence-electron chi connectivity index (χ0n) is 47.8. The van der Waals surface area contributed by atoms with Crippen LogP contribution in [0.15, 0.2) is 73.3 Å². The highest BCUT2D eigenvalue weighted by Gasteiger charge is 2.35. The van der Waals surface area contributed by atoms with Gasteiger partial charge < -0.3 is 75.0 Å². The van der Waals surface area contributed by atoms with Gasteiger partial charge in [-0.15, -0.1) is 0 Å². The first-order chi connectivity index (χ1) is 39.3. The van der Waals surface area contributed by atoms with Crippen molar-refractivity contribution in [2.75, 3.05) is 12.3 Å². The van der Waals surface area contributed by atoms with E-state index < -0.39 is 132 Å². The number of rotatable bonds is 34. The lowest BCUT2D eigenvalue weighted by Crippen LogP contribution is -2.60. The summed E-state index contributed by atoms with van der Waals surface area (Å²) in [6, 6.07) is 5.02. The van der Waals surface area contributed by atoms with Crippen LogP contribution in [-0.2, 0) is 72.0 Å². The van der Waals surface area contributed by atoms with Crippen LogP contribution in [0.1, 0.15) is 91.0 Å². The lowest BCUT2D eigenvalue weighted by molar-refractivity contribution is -0.135. The summed E-state index contributed by atoms with van der Waals surface area (Å²) < 4.78 is 0. The summed E-state index contributed by atoms with van der Waals surface area (Å²) in [6.45, 7) is 11.3. The molecule has 0 aliphatic carbocycles. The van der Waals surface area contributed by atoms with Gasteiger partial charge in [0.15, 0.2) is 0 Å². The zero-order chi connectivity index (χ0) is 61.5. The summed E-state index contributed by atoms with van der Waals surface area (Å²) in [4.78, 5) is 158. The van der Waals surface area contributed by atoms with Crippen LogP contribution >= 0.6 is 12.6 Å². The molecule has 0 aliphatic heterocycles. The molecule has 0 bridgehead atoms. The molecule has 0 unspecified atom stereocenters. The van der Waals surface area contributed by atoms with Crippen molar-refractivity contribution in [3.05, 3.63) is 90.1 Å². The van der Waals surface area contributed by atoms with E-state index in [0.29, 0.717) is 11.3 Å². The highest BCUT2D eigenvalue weighted by atomic mass is 32.1. The van der Waals surface area contributed by atoms with Gasteiger partial charge in [0.05, 0.1) is 18.9 Å². The number of hydrogen-bond acceptors (Lipinski definition) is 14. The number of nitrogens with one attached hydrogen (secondary N) is 11. The Morgan fingerprint density at radius 2 is 1.12 bits per heavy atom. The second-order valence-corrected chi connectivity index (χ2v) is 22.0. The third-order valence-corrected chi connectivity index (χ3v) is 13.6. The molecule has 0 spiro atoms. The van der Waals surface area contributed by atoms with Crippen molar-refractivity contribution >= 4 is 88.5 Å². The fourth-order valence-corrected chi connectivity index (χ4v) is 9.03. The zero-order valence-corrected chi connectivity index (χ0v) is 48.7. The Morgan fingerprint density at radius 1 is 0.566 bits per heavy atom. The number of nitrogens with two attached hydrogens (primary N) is 3. The van der Waals surface area contributed by atoms with Crippen molar-refractivity contribution in [2.45, 2.75) is 148 Å². The number of benzene rings is 2. The standard InChI is InChI=1S/C56H81N15O11S/c1-29(2)19-40(48(59)74)67-53(79)41(20-30(3)4)68-55(81)44(27-83)70-54(80)43(23-35-25-60-28-63-35)65-46(73)26-62-56(82)47(31(5)6)71-49(75)32(7)64-52(78)42(22-34-24-61-38-16-12-11-15-36(34)38)69-51(77)39(17-18-45(58)72)66-50(76)37(57)21-33-13-9-8-10-14-33/h8-16,24-25,28-32,37,39-44,47,61,83H,17-23,26-27,57H2,1-7H3,(H2,58,72)(H2,59,74)(H,60,63)(H,62,82)(H,64,78)(H,65,73)(H,66,76)(H,67,79)(H,68,81)(H,69,77)(H,70,80)(H,71,75)/t32-,37+,39-,40-,41-,42-,43-,44-,47-/m0/s1. The third kappa shape index (κ3) is 22.2. The highest BCUT2D eigenvalue weighted by Crippen LogP contribution is 2.20. The molecule has 26 nitrogen and oxygen atoms in total. The number of fused-ring (bicyclic) bond motifs is 1. The van der Waals surface area contributed by atoms with Gasteiger partial charge in [0.1, 0.15) is 48.3 Å². The topological polar surface area (TPSA) is 419 Å². The summed E-state index contributed by atoms with van der Waals surface area (Å²) in [5, 5.41) is 24.1. The second-order valence-electron chi connectivity index (χ2n) is 21.6. The van der Waals surface area contributed by atoms with Gasteiger partial charge in [0, 0.05) is 54.0 Å². The molecule has 2 aromatic heterocycles. The molecule has 4 aromatic rings. The van der Waals surface area contributed by atoms with E-state index in [1.54, 1.807) is 50.4 Å². The van der Waals surface area contributed by atoms with E-state index in [2.05, 4.69) is 75.4 Å². The molecule has 0 fully saturated rings. The number of para-hydroxylation sites is 1. The Labute approximate surface area is 487 Å². The highest BCUT2D eigenvalue weighted by molar-refractivity contribution is 7.80. The minimum atomic E-state index is -1.37. The minimum Gasteiger partial charge on any atom is -0.370 e. The number of thiol groups is 1. The maximum atomic E-state index is 14.2. The van der Waals surface area contributed by atoms with Crippen molar-refractivity contribution in [1.82, 2.24) is 62.8 Å². The molecule has 0 radical (unpaired) electrons. The molecule has 83 heavy (non-hydrogen) atoms. The van der Waals surface area contributed by atoms with Gasteiger partial charge in [0.2, 0.25) is 65.0 Å². The summed E-state index contributed by atoms with van der Waals surface area (Å²) >= 11 is 4.27. The molecule has 2 heterocycles. The Kier molecular flexibility index (Phi) is 26.7. The number of amides is 11. The van der Waals surface area contributed by atoms with Crippen molar-refractivity contribution in [2.24, 2.45) is 35.0 Å². The number of carbonyl (C=O) groups excluding carboxylic acids is 11. The van der Waals surface area contributed by atoms with E-state index >= 15 is 0 Å². The van der Waals surface area contributed by atoms with Gasteiger partial charge in [-0.2, -0.15) is 12.6 Å². The van der Waals surface area contributed by atoms with Crippen LogP contribution in [0.2, 0.25) is 0 Å². The van der Waals surface area contributed by atoms with Crippen LogP contribution in [0.4, 0.5) is 0 Å². The number of carbonyl (C=O) groups is 11. The summed E-state index contributed by atoms with van der Waals surface area (Å²) in [7, 11) is 0. The Bertz CT molecular complexity index is 2860. The predicted octanol–water partition coefficient (Wildman–Crippen LogP) is -1.31. The van der Waals surface area contributed by atoms with Crippen molar-refractivity contribution in [3.63, 3.8) is 0 Å². The fraction of sp³-hybridized carbons (Fsp3) is 0.500. The van der Waals surface area contributed by atoms with Crippen molar-refractivity contribution in [1.29, 1.82) is 0 Å². The first-order valence-electron chi connectivity index (χ1n) is 27.5. The minimum absolute atomic E-state index is 0.0173. The fourth-order valence-electron chi connectivity index (χ4n) is 8.77. The number of hydrogen-bond donors (Lipinski definition) is 15. The van der Waals surface area contributed by atoms with Gasteiger partial charge in [-0.3, -0.25) is 52.7 Å². The van der Waals surface area contributed by atoms with E-state index in [4.69, 9.17) is 17.2 Å². The Balaban J connectivity index is 1.44. The summed E-state index contributed by atoms with van der Waals surface area (Å²) in [6.07, 6.45) is 4.24. The molecule has 0 saturated heterocycles. The molecule has 17 N–H and O–H groups in total. The SMILES string of the molecule is CC(C)C[C@H](NC(=O)[C@H](CC(C)C)NC(=O)[C@H](CS)NC(=O)[C@H](Cc1cnc[nH]1)NC(=O)CNC(=O)[C@@H](NC(=O)[C@H](C)NC(=O)[C@H](Cc1c[nH]c2ccccc12)NC(=O)[C@H](CCC(N)=O)NC(=O)[C@H](N)Cc1ccccc1)C(C)C)C(N)=O. The van der Waals surface area contributed by atoms with Gasteiger partial charge in [-0.1, -0.05) is 90.1 Å². The lowest BCUT2D eigenvalue weighted by Gasteiger charge is -2.27. The van der Waals surface area contributed by atoms with Crippen LogP contribution in [0.3, 0.4) is 0 Å². The molecule has 0 saturated carbocycles. The van der Waals surface area contributed by atoms with Crippen LogP contribution in [0.5, 0.6) is 0 Å². The maximum absolute atomic E-state index is 14.2. The number of aromatic nitrogens is 3. The number of primary amides is 2. The quantitative estimate of drug-likeness (QED) is 0.0242.